The molecular formula is C27H44O9. The van der Waals surface area contributed by atoms with Gasteiger partial charge in [-0.2, -0.15) is 0 Å². The van der Waals surface area contributed by atoms with Crippen molar-refractivity contribution in [2.24, 2.45) is 23.2 Å². The molecule has 0 bridgehead atoms. The number of esters is 2. The standard InChI is InChI=1S/C27H44O9/c1-4-7-10-13-19(29)15-16-21-20(18-28)23(25(32)33)24(31)27(21,26(34)36-6-3)17-12-9-8-11-14-22(30)35-5-2/h15-16,19-21,23,28-29H,4-14,17-18H2,1-3H3,(H,32,33)/t19?,20?,21?,23-,27+/m1/s1. The molecular weight excluding hydrogens is 468 g/mol. The first kappa shape index (κ1) is 31.8. The van der Waals surface area contributed by atoms with E-state index >= 15 is 0 Å². The van der Waals surface area contributed by atoms with Crippen LogP contribution in [0.25, 0.3) is 0 Å². The van der Waals surface area contributed by atoms with Gasteiger partial charge in [0.05, 0.1) is 19.3 Å². The number of carboxylic acid groups (broad SMARTS) is 1. The summed E-state index contributed by atoms with van der Waals surface area (Å²) in [6, 6.07) is 0. The van der Waals surface area contributed by atoms with E-state index in [-0.39, 0.29) is 25.4 Å². The second-order valence-electron chi connectivity index (χ2n) is 9.41. The van der Waals surface area contributed by atoms with E-state index in [1.807, 2.05) is 0 Å². The summed E-state index contributed by atoms with van der Waals surface area (Å²) in [6.07, 6.45) is 8.16. The number of aliphatic carboxylic acids is 1. The molecule has 1 rings (SSSR count). The van der Waals surface area contributed by atoms with E-state index in [0.717, 1.165) is 19.3 Å². The Morgan fingerprint density at radius 2 is 1.67 bits per heavy atom. The van der Waals surface area contributed by atoms with Gasteiger partial charge in [0, 0.05) is 24.9 Å². The van der Waals surface area contributed by atoms with E-state index in [1.54, 1.807) is 13.8 Å². The molecule has 0 aliphatic heterocycles. The second-order valence-corrected chi connectivity index (χ2v) is 9.41. The Bertz CT molecular complexity index is 748. The molecule has 3 unspecified atom stereocenters. The monoisotopic (exact) mass is 512 g/mol. The lowest BCUT2D eigenvalue weighted by Gasteiger charge is -2.32. The molecule has 1 aliphatic rings. The Morgan fingerprint density at radius 1 is 1.00 bits per heavy atom. The number of carboxylic acids is 1. The van der Waals surface area contributed by atoms with Crippen LogP contribution in [0.4, 0.5) is 0 Å². The minimum Gasteiger partial charge on any atom is -0.481 e. The average Bonchev–Trinajstić information content (AvgIpc) is 3.08. The maximum atomic E-state index is 13.6. The molecule has 36 heavy (non-hydrogen) atoms. The highest BCUT2D eigenvalue weighted by molar-refractivity contribution is 6.14. The van der Waals surface area contributed by atoms with Crippen LogP contribution in [-0.4, -0.2) is 64.9 Å². The quantitative estimate of drug-likeness (QED) is 0.109. The fourth-order valence-electron chi connectivity index (χ4n) is 5.13. The highest BCUT2D eigenvalue weighted by atomic mass is 16.5. The zero-order valence-electron chi connectivity index (χ0n) is 21.9. The first-order valence-electron chi connectivity index (χ1n) is 13.3. The van der Waals surface area contributed by atoms with Crippen molar-refractivity contribution in [1.29, 1.82) is 0 Å². The van der Waals surface area contributed by atoms with Crippen LogP contribution in [0.15, 0.2) is 12.2 Å². The average molecular weight is 513 g/mol. The number of aliphatic hydroxyl groups excluding tert-OH is 2. The number of carbonyl (C=O) groups excluding carboxylic acids is 3. The number of unbranched alkanes of at least 4 members (excludes halogenated alkanes) is 5. The minimum atomic E-state index is -1.76. The lowest BCUT2D eigenvalue weighted by molar-refractivity contribution is -0.162. The number of allylic oxidation sites excluding steroid dienone is 1. The van der Waals surface area contributed by atoms with Crippen LogP contribution >= 0.6 is 0 Å². The van der Waals surface area contributed by atoms with E-state index in [9.17, 15) is 34.5 Å². The molecule has 1 aliphatic carbocycles. The van der Waals surface area contributed by atoms with Gasteiger partial charge in [-0.25, -0.2) is 0 Å². The number of hydrogen-bond donors (Lipinski definition) is 3. The van der Waals surface area contributed by atoms with Gasteiger partial charge >= 0.3 is 17.9 Å². The Hall–Kier alpha value is -2.26. The van der Waals surface area contributed by atoms with E-state index in [2.05, 4.69) is 6.92 Å². The first-order chi connectivity index (χ1) is 17.2. The SMILES string of the molecule is CCCCCC(O)C=CC1C(CO)[C@@H](C(=O)O)C(=O)[C@@]1(CCCCCCC(=O)OCC)C(=O)OCC. The van der Waals surface area contributed by atoms with Gasteiger partial charge in [-0.1, -0.05) is 57.6 Å². The van der Waals surface area contributed by atoms with E-state index in [4.69, 9.17) is 9.47 Å². The number of ether oxygens (including phenoxy) is 2. The van der Waals surface area contributed by atoms with Crippen LogP contribution in [0, 0.1) is 23.2 Å². The Balaban J connectivity index is 3.17. The molecule has 9 nitrogen and oxygen atoms in total. The minimum absolute atomic E-state index is 0.0189. The largest absolute Gasteiger partial charge is 0.481 e. The van der Waals surface area contributed by atoms with E-state index in [1.165, 1.54) is 12.2 Å². The summed E-state index contributed by atoms with van der Waals surface area (Å²) in [5.41, 5.74) is -1.76. The molecule has 0 amide bonds. The van der Waals surface area contributed by atoms with Crippen molar-refractivity contribution in [3.63, 3.8) is 0 Å². The molecule has 1 saturated carbocycles. The first-order valence-corrected chi connectivity index (χ1v) is 13.3. The number of carbonyl (C=O) groups is 4. The lowest BCUT2D eigenvalue weighted by atomic mass is 9.71. The van der Waals surface area contributed by atoms with Gasteiger partial charge in [0.15, 0.2) is 5.78 Å². The van der Waals surface area contributed by atoms with Crippen LogP contribution in [0.3, 0.4) is 0 Å². The highest BCUT2D eigenvalue weighted by Crippen LogP contribution is 2.52. The molecule has 0 saturated heterocycles. The molecule has 0 spiro atoms. The van der Waals surface area contributed by atoms with Crippen molar-refractivity contribution >= 4 is 23.7 Å². The summed E-state index contributed by atoms with van der Waals surface area (Å²) in [5, 5.41) is 30.3. The van der Waals surface area contributed by atoms with Crippen molar-refractivity contribution < 1.29 is 44.0 Å². The summed E-state index contributed by atoms with van der Waals surface area (Å²) in [4.78, 5) is 50.4. The molecule has 5 atom stereocenters. The summed E-state index contributed by atoms with van der Waals surface area (Å²) in [5.74, 6) is -6.69. The van der Waals surface area contributed by atoms with Gasteiger partial charge in [-0.15, -0.1) is 0 Å². The molecule has 3 N–H and O–H groups in total. The van der Waals surface area contributed by atoms with Crippen LogP contribution < -0.4 is 0 Å². The zero-order valence-corrected chi connectivity index (χ0v) is 21.9. The third kappa shape index (κ3) is 8.40. The number of aliphatic hydroxyl groups is 2. The summed E-state index contributed by atoms with van der Waals surface area (Å²) in [7, 11) is 0. The molecule has 0 aromatic carbocycles. The number of ketones is 1. The molecule has 206 valence electrons. The molecule has 1 fully saturated rings. The van der Waals surface area contributed by atoms with Gasteiger partial charge < -0.3 is 24.8 Å². The zero-order chi connectivity index (χ0) is 27.1. The Kier molecular flexibility index (Phi) is 14.5. The lowest BCUT2D eigenvalue weighted by Crippen LogP contribution is -2.43. The predicted molar refractivity (Wildman–Crippen MR) is 133 cm³/mol. The van der Waals surface area contributed by atoms with Crippen molar-refractivity contribution in [2.45, 2.75) is 91.1 Å². The number of Topliss-reactive ketones (excluding diaryl/α,β-unsaturated/α-hetero) is 1. The van der Waals surface area contributed by atoms with Gasteiger partial charge in [0.1, 0.15) is 11.3 Å². The number of hydrogen-bond acceptors (Lipinski definition) is 8. The van der Waals surface area contributed by atoms with Gasteiger partial charge in [0.2, 0.25) is 0 Å². The summed E-state index contributed by atoms with van der Waals surface area (Å²) < 4.78 is 10.2. The van der Waals surface area contributed by atoms with Crippen molar-refractivity contribution in [3.8, 4) is 0 Å². The van der Waals surface area contributed by atoms with Crippen LogP contribution in [0.2, 0.25) is 0 Å². The third-order valence-electron chi connectivity index (χ3n) is 6.95. The van der Waals surface area contributed by atoms with Crippen LogP contribution in [0.5, 0.6) is 0 Å². The maximum absolute atomic E-state index is 13.6. The fraction of sp³-hybridized carbons (Fsp3) is 0.778. The molecule has 0 radical (unpaired) electrons. The normalized spacial score (nSPS) is 24.7. The van der Waals surface area contributed by atoms with E-state index in [0.29, 0.717) is 38.7 Å². The van der Waals surface area contributed by atoms with Gasteiger partial charge in [-0.05, 0) is 33.1 Å². The van der Waals surface area contributed by atoms with Gasteiger partial charge in [0.25, 0.3) is 0 Å². The van der Waals surface area contributed by atoms with Crippen LogP contribution in [-0.2, 0) is 28.7 Å². The van der Waals surface area contributed by atoms with Crippen molar-refractivity contribution in [3.05, 3.63) is 12.2 Å². The Labute approximate surface area is 214 Å². The summed E-state index contributed by atoms with van der Waals surface area (Å²) >= 11 is 0. The van der Waals surface area contributed by atoms with Crippen molar-refractivity contribution in [2.75, 3.05) is 19.8 Å². The molecule has 0 aromatic rings. The van der Waals surface area contributed by atoms with Crippen LogP contribution in [0.1, 0.15) is 85.0 Å². The van der Waals surface area contributed by atoms with E-state index < -0.39 is 53.6 Å². The second kappa shape index (κ2) is 16.5. The smallest absolute Gasteiger partial charge is 0.320 e. The highest BCUT2D eigenvalue weighted by Gasteiger charge is 2.65. The topological polar surface area (TPSA) is 147 Å². The molecule has 0 aromatic heterocycles. The summed E-state index contributed by atoms with van der Waals surface area (Å²) in [6.45, 7) is 5.15. The maximum Gasteiger partial charge on any atom is 0.320 e. The third-order valence-corrected chi connectivity index (χ3v) is 6.95. The molecule has 0 heterocycles. The predicted octanol–water partition coefficient (Wildman–Crippen LogP) is 3.45. The molecule has 9 heteroatoms. The number of rotatable bonds is 18. The van der Waals surface area contributed by atoms with Gasteiger partial charge in [-0.3, -0.25) is 19.2 Å². The Morgan fingerprint density at radius 3 is 2.25 bits per heavy atom. The van der Waals surface area contributed by atoms with Crippen molar-refractivity contribution in [1.82, 2.24) is 0 Å². The fourth-order valence-corrected chi connectivity index (χ4v) is 5.13.